The van der Waals surface area contributed by atoms with Gasteiger partial charge >= 0.3 is 0 Å². The molecule has 1 N–H and O–H groups in total. The van der Waals surface area contributed by atoms with Crippen molar-refractivity contribution in [1.82, 2.24) is 5.32 Å². The molecule has 0 fully saturated rings. The molecule has 0 unspecified atom stereocenters. The van der Waals surface area contributed by atoms with E-state index in [1.54, 1.807) is 12.1 Å². The van der Waals surface area contributed by atoms with Gasteiger partial charge in [-0.05, 0) is 31.2 Å². The standard InChI is InChI=1S/C15H16ClNO3/c1-11-2-4-12(5-3-11)19-9-8-17-15(18)14-7-6-13(10-16)20-14/h2-7H,8-10H2,1H3,(H,17,18). The molecule has 1 amide bonds. The van der Waals surface area contributed by atoms with E-state index in [1.807, 2.05) is 31.2 Å². The van der Waals surface area contributed by atoms with E-state index in [1.165, 1.54) is 5.56 Å². The van der Waals surface area contributed by atoms with Crippen molar-refractivity contribution in [3.05, 3.63) is 53.5 Å². The summed E-state index contributed by atoms with van der Waals surface area (Å²) in [5, 5.41) is 2.72. The summed E-state index contributed by atoms with van der Waals surface area (Å²) in [6.07, 6.45) is 0. The maximum absolute atomic E-state index is 11.7. The number of alkyl halides is 1. The molecule has 1 aromatic carbocycles. The summed E-state index contributed by atoms with van der Waals surface area (Å²) >= 11 is 5.61. The fourth-order valence-corrected chi connectivity index (χ4v) is 1.77. The van der Waals surface area contributed by atoms with Crippen LogP contribution in [0.25, 0.3) is 0 Å². The Kier molecular flexibility index (Phi) is 5.07. The molecule has 0 atom stereocenters. The molecule has 20 heavy (non-hydrogen) atoms. The number of amides is 1. The van der Waals surface area contributed by atoms with Gasteiger partial charge in [-0.15, -0.1) is 11.6 Å². The van der Waals surface area contributed by atoms with Gasteiger partial charge in [0.25, 0.3) is 5.91 Å². The van der Waals surface area contributed by atoms with Gasteiger partial charge in [0.2, 0.25) is 0 Å². The molecule has 2 rings (SSSR count). The zero-order valence-corrected chi connectivity index (χ0v) is 11.9. The number of hydrogen-bond donors (Lipinski definition) is 1. The van der Waals surface area contributed by atoms with Crippen molar-refractivity contribution in [2.45, 2.75) is 12.8 Å². The molecule has 106 valence electrons. The fraction of sp³-hybridized carbons (Fsp3) is 0.267. The molecule has 0 aliphatic heterocycles. The van der Waals surface area contributed by atoms with E-state index in [2.05, 4.69) is 5.32 Å². The Bertz CT molecular complexity index is 563. The van der Waals surface area contributed by atoms with Crippen LogP contribution in [0.4, 0.5) is 0 Å². The lowest BCUT2D eigenvalue weighted by Gasteiger charge is -2.07. The molecule has 5 heteroatoms. The van der Waals surface area contributed by atoms with Gasteiger partial charge in [-0.2, -0.15) is 0 Å². The highest BCUT2D eigenvalue weighted by atomic mass is 35.5. The summed E-state index contributed by atoms with van der Waals surface area (Å²) in [5.41, 5.74) is 1.18. The van der Waals surface area contributed by atoms with Crippen molar-refractivity contribution in [2.75, 3.05) is 13.2 Å². The third-order valence-corrected chi connectivity index (χ3v) is 2.96. The van der Waals surface area contributed by atoms with Gasteiger partial charge < -0.3 is 14.5 Å². The molecule has 0 spiro atoms. The van der Waals surface area contributed by atoms with Crippen molar-refractivity contribution < 1.29 is 13.9 Å². The van der Waals surface area contributed by atoms with Gasteiger partial charge in [0.1, 0.15) is 18.1 Å². The Morgan fingerprint density at radius 2 is 2.00 bits per heavy atom. The van der Waals surface area contributed by atoms with E-state index >= 15 is 0 Å². The molecule has 2 aromatic rings. The third kappa shape index (κ3) is 4.03. The minimum atomic E-state index is -0.270. The van der Waals surface area contributed by atoms with E-state index in [0.717, 1.165) is 5.75 Å². The summed E-state index contributed by atoms with van der Waals surface area (Å²) in [6, 6.07) is 11.0. The largest absolute Gasteiger partial charge is 0.492 e. The molecular formula is C15H16ClNO3. The van der Waals surface area contributed by atoms with Crippen LogP contribution in [0.2, 0.25) is 0 Å². The van der Waals surface area contributed by atoms with Crippen LogP contribution >= 0.6 is 11.6 Å². The predicted molar refractivity (Wildman–Crippen MR) is 77.3 cm³/mol. The van der Waals surface area contributed by atoms with Gasteiger partial charge in [-0.1, -0.05) is 17.7 Å². The summed E-state index contributed by atoms with van der Waals surface area (Å²) in [6.45, 7) is 2.82. The SMILES string of the molecule is Cc1ccc(OCCNC(=O)c2ccc(CCl)o2)cc1. The summed E-state index contributed by atoms with van der Waals surface area (Å²) < 4.78 is 10.7. The van der Waals surface area contributed by atoms with E-state index in [-0.39, 0.29) is 17.5 Å². The molecule has 0 saturated heterocycles. The number of nitrogens with one attached hydrogen (secondary N) is 1. The predicted octanol–water partition coefficient (Wildman–Crippen LogP) is 3.14. The van der Waals surface area contributed by atoms with Crippen LogP contribution in [0.3, 0.4) is 0 Å². The van der Waals surface area contributed by atoms with Gasteiger partial charge in [0, 0.05) is 0 Å². The van der Waals surface area contributed by atoms with Crippen molar-refractivity contribution in [3.8, 4) is 5.75 Å². The molecule has 0 aliphatic rings. The first-order valence-electron chi connectivity index (χ1n) is 6.31. The van der Waals surface area contributed by atoms with Crippen molar-refractivity contribution in [1.29, 1.82) is 0 Å². The quantitative estimate of drug-likeness (QED) is 0.657. The van der Waals surface area contributed by atoms with Crippen LogP contribution in [0.15, 0.2) is 40.8 Å². The fourth-order valence-electron chi connectivity index (χ4n) is 1.63. The Morgan fingerprint density at radius 3 is 2.65 bits per heavy atom. The molecule has 0 radical (unpaired) electrons. The minimum absolute atomic E-state index is 0.254. The first-order chi connectivity index (χ1) is 9.69. The molecule has 0 saturated carbocycles. The van der Waals surface area contributed by atoms with E-state index < -0.39 is 0 Å². The maximum Gasteiger partial charge on any atom is 0.287 e. The monoisotopic (exact) mass is 293 g/mol. The lowest BCUT2D eigenvalue weighted by molar-refractivity contribution is 0.0918. The zero-order chi connectivity index (χ0) is 14.4. The van der Waals surface area contributed by atoms with Crippen LogP contribution in [-0.2, 0) is 5.88 Å². The van der Waals surface area contributed by atoms with Crippen LogP contribution in [0.1, 0.15) is 21.9 Å². The Labute approximate surface area is 122 Å². The number of rotatable bonds is 6. The number of aryl methyl sites for hydroxylation is 1. The molecule has 1 heterocycles. The topological polar surface area (TPSA) is 51.5 Å². The number of furan rings is 1. The molecule has 1 aromatic heterocycles. The average Bonchev–Trinajstić information content (AvgIpc) is 2.94. The van der Waals surface area contributed by atoms with E-state index in [4.69, 9.17) is 20.8 Å². The van der Waals surface area contributed by atoms with Crippen molar-refractivity contribution in [2.24, 2.45) is 0 Å². The van der Waals surface area contributed by atoms with Crippen LogP contribution in [-0.4, -0.2) is 19.1 Å². The van der Waals surface area contributed by atoms with Crippen molar-refractivity contribution in [3.63, 3.8) is 0 Å². The Hall–Kier alpha value is -1.94. The van der Waals surface area contributed by atoms with Gasteiger partial charge in [0.15, 0.2) is 5.76 Å². The third-order valence-electron chi connectivity index (χ3n) is 2.69. The second kappa shape index (κ2) is 7.01. The zero-order valence-electron chi connectivity index (χ0n) is 11.2. The maximum atomic E-state index is 11.7. The molecule has 0 bridgehead atoms. The number of carbonyl (C=O) groups is 1. The van der Waals surface area contributed by atoms with Gasteiger partial charge in [0.05, 0.1) is 12.4 Å². The van der Waals surface area contributed by atoms with E-state index in [9.17, 15) is 4.79 Å². The molecule has 0 aliphatic carbocycles. The van der Waals surface area contributed by atoms with Crippen LogP contribution in [0, 0.1) is 6.92 Å². The number of ether oxygens (including phenoxy) is 1. The Balaban J connectivity index is 1.72. The number of halogens is 1. The Morgan fingerprint density at radius 1 is 1.25 bits per heavy atom. The second-order valence-corrected chi connectivity index (χ2v) is 4.58. The summed E-state index contributed by atoms with van der Waals surface area (Å²) in [7, 11) is 0. The number of benzene rings is 1. The summed E-state index contributed by atoms with van der Waals surface area (Å²) in [4.78, 5) is 11.7. The summed E-state index contributed by atoms with van der Waals surface area (Å²) in [5.74, 6) is 1.61. The van der Waals surface area contributed by atoms with E-state index in [0.29, 0.717) is 18.9 Å². The lowest BCUT2D eigenvalue weighted by atomic mass is 10.2. The normalized spacial score (nSPS) is 10.3. The number of carbonyl (C=O) groups excluding carboxylic acids is 1. The van der Waals surface area contributed by atoms with Gasteiger partial charge in [-0.25, -0.2) is 0 Å². The van der Waals surface area contributed by atoms with Crippen molar-refractivity contribution >= 4 is 17.5 Å². The average molecular weight is 294 g/mol. The van der Waals surface area contributed by atoms with Gasteiger partial charge in [-0.3, -0.25) is 4.79 Å². The lowest BCUT2D eigenvalue weighted by Crippen LogP contribution is -2.27. The first-order valence-corrected chi connectivity index (χ1v) is 6.85. The highest BCUT2D eigenvalue weighted by molar-refractivity contribution is 6.16. The molecule has 4 nitrogen and oxygen atoms in total. The first kappa shape index (κ1) is 14.5. The highest BCUT2D eigenvalue weighted by Gasteiger charge is 2.09. The minimum Gasteiger partial charge on any atom is -0.492 e. The van der Waals surface area contributed by atoms with Crippen LogP contribution < -0.4 is 10.1 Å². The smallest absolute Gasteiger partial charge is 0.287 e. The number of hydrogen-bond acceptors (Lipinski definition) is 3. The second-order valence-electron chi connectivity index (χ2n) is 4.32. The highest BCUT2D eigenvalue weighted by Crippen LogP contribution is 2.11. The molecular weight excluding hydrogens is 278 g/mol. The van der Waals surface area contributed by atoms with Crippen LogP contribution in [0.5, 0.6) is 5.75 Å².